The number of imidazole rings is 2. The van der Waals surface area contributed by atoms with Gasteiger partial charge in [-0.1, -0.05) is 85.2 Å². The van der Waals surface area contributed by atoms with E-state index in [1.54, 1.807) is 13.1 Å². The van der Waals surface area contributed by atoms with Gasteiger partial charge in [0, 0.05) is 49.3 Å². The van der Waals surface area contributed by atoms with Crippen molar-refractivity contribution in [1.29, 1.82) is 0 Å². The molecule has 3 aromatic carbocycles. The lowest BCUT2D eigenvalue weighted by atomic mass is 9.92. The SMILES string of the molecule is C#C.C#C.C#C.C#C.C=CCCC.C=CN[C@@H](C)CC.CC(=O)NN.CCC.CCC(=O)N(N)CCc1ncc(-c2ccc3c(c2)COc2cc4c(ccc5[nH]c(CN(C)[C@@H](C)CC)nc54)cc2-3)[nH]1. The summed E-state index contributed by atoms with van der Waals surface area (Å²) in [6.45, 7) is 27.0. The third-order valence-corrected chi connectivity index (χ3v) is 10.0. The number of hydrogen-bond acceptors (Lipinski definition) is 9. The number of nitrogens with one attached hydrogen (secondary N) is 4. The Bertz CT molecular complexity index is 2270. The average Bonchev–Trinajstić information content (AvgIpc) is 4.05. The number of allylic oxidation sites excluding steroid dienone is 1. The number of nitrogens with zero attached hydrogens (tertiary/aromatic N) is 4. The van der Waals surface area contributed by atoms with E-state index in [9.17, 15) is 9.59 Å². The van der Waals surface area contributed by atoms with Gasteiger partial charge in [-0.15, -0.1) is 58.0 Å². The van der Waals surface area contributed by atoms with Crippen LogP contribution in [0.3, 0.4) is 0 Å². The van der Waals surface area contributed by atoms with Crippen LogP contribution in [0.15, 0.2) is 74.1 Å². The van der Waals surface area contributed by atoms with E-state index < -0.39 is 0 Å². The number of aromatic amines is 2. The van der Waals surface area contributed by atoms with Crippen LogP contribution in [0.4, 0.5) is 0 Å². The van der Waals surface area contributed by atoms with Gasteiger partial charge >= 0.3 is 0 Å². The number of aromatic nitrogens is 4. The molecule has 6 rings (SSSR count). The highest BCUT2D eigenvalue weighted by Gasteiger charge is 2.21. The zero-order valence-corrected chi connectivity index (χ0v) is 43.2. The number of rotatable bonds is 14. The molecule has 2 aromatic heterocycles. The highest BCUT2D eigenvalue weighted by atomic mass is 16.5. The Kier molecular flexibility index (Phi) is 38.1. The van der Waals surface area contributed by atoms with Gasteiger partial charge in [-0.25, -0.2) is 21.7 Å². The maximum absolute atomic E-state index is 11.7. The number of terminal acetylenes is 4. The molecule has 8 N–H and O–H groups in total. The molecule has 0 fully saturated rings. The summed E-state index contributed by atoms with van der Waals surface area (Å²) in [5.74, 6) is 12.7. The van der Waals surface area contributed by atoms with Crippen molar-refractivity contribution in [1.82, 2.24) is 40.6 Å². The lowest BCUT2D eigenvalue weighted by Gasteiger charge is -2.22. The van der Waals surface area contributed by atoms with Crippen molar-refractivity contribution in [2.24, 2.45) is 11.7 Å². The van der Waals surface area contributed by atoms with Crippen LogP contribution < -0.4 is 27.2 Å². The van der Waals surface area contributed by atoms with Crippen LogP contribution in [0.5, 0.6) is 5.75 Å². The predicted octanol–water partition coefficient (Wildman–Crippen LogP) is 10.5. The normalized spacial score (nSPS) is 10.6. The van der Waals surface area contributed by atoms with E-state index in [0.29, 0.717) is 38.1 Å². The van der Waals surface area contributed by atoms with Crippen LogP contribution in [-0.2, 0) is 29.2 Å². The maximum atomic E-state index is 11.7. The summed E-state index contributed by atoms with van der Waals surface area (Å²) in [6.07, 6.45) is 44.3. The fourth-order valence-corrected chi connectivity index (χ4v) is 6.00. The largest absolute Gasteiger partial charge is 0.488 e. The quantitative estimate of drug-likeness (QED) is 0.0207. The summed E-state index contributed by atoms with van der Waals surface area (Å²) in [6, 6.07) is 16.1. The smallest absolute Gasteiger partial charge is 0.236 e. The van der Waals surface area contributed by atoms with Gasteiger partial charge in [-0.2, -0.15) is 0 Å². The predicted molar refractivity (Wildman–Crippen MR) is 294 cm³/mol. The lowest BCUT2D eigenvalue weighted by Crippen LogP contribution is -2.38. The van der Waals surface area contributed by atoms with Gasteiger partial charge in [0.2, 0.25) is 11.8 Å². The molecule has 13 heteroatoms. The Labute approximate surface area is 415 Å². The molecule has 5 aromatic rings. The van der Waals surface area contributed by atoms with E-state index in [1.807, 2.05) is 17.7 Å². The summed E-state index contributed by atoms with van der Waals surface area (Å²) in [5.41, 5.74) is 9.27. The second-order valence-electron chi connectivity index (χ2n) is 15.1. The van der Waals surface area contributed by atoms with Crippen LogP contribution in [0.2, 0.25) is 0 Å². The van der Waals surface area contributed by atoms with Crippen LogP contribution in [-0.4, -0.2) is 67.3 Å². The van der Waals surface area contributed by atoms with Gasteiger partial charge in [-0.3, -0.25) is 24.9 Å². The van der Waals surface area contributed by atoms with Crippen molar-refractivity contribution < 1.29 is 14.3 Å². The molecule has 0 spiro atoms. The molecule has 69 heavy (non-hydrogen) atoms. The Hall–Kier alpha value is -7.26. The zero-order chi connectivity index (χ0) is 53.5. The molecule has 0 bridgehead atoms. The zero-order valence-electron chi connectivity index (χ0n) is 43.2. The van der Waals surface area contributed by atoms with Crippen molar-refractivity contribution >= 4 is 33.6 Å². The minimum absolute atomic E-state index is 0.0806. The lowest BCUT2D eigenvalue weighted by molar-refractivity contribution is -0.131. The third-order valence-electron chi connectivity index (χ3n) is 10.0. The first-order valence-corrected chi connectivity index (χ1v) is 23.0. The van der Waals surface area contributed by atoms with Crippen molar-refractivity contribution in [3.8, 4) is 79.5 Å². The number of benzene rings is 3. The maximum Gasteiger partial charge on any atom is 0.236 e. The summed E-state index contributed by atoms with van der Waals surface area (Å²) in [7, 11) is 2.14. The van der Waals surface area contributed by atoms with Crippen molar-refractivity contribution in [3.63, 3.8) is 0 Å². The van der Waals surface area contributed by atoms with E-state index in [1.165, 1.54) is 30.3 Å². The van der Waals surface area contributed by atoms with Crippen LogP contribution >= 0.6 is 0 Å². The average molecular weight is 943 g/mol. The number of hydrazine groups is 2. The van der Waals surface area contributed by atoms with Gasteiger partial charge in [0.25, 0.3) is 0 Å². The first kappa shape index (κ1) is 66.0. The van der Waals surface area contributed by atoms with Gasteiger partial charge in [-0.05, 0) is 92.7 Å². The van der Waals surface area contributed by atoms with E-state index in [0.717, 1.165) is 87.4 Å². The highest BCUT2D eigenvalue weighted by molar-refractivity contribution is 6.07. The van der Waals surface area contributed by atoms with Gasteiger partial charge < -0.3 is 20.0 Å². The number of carbonyl (C=O) groups excluding carboxylic acids is 2. The Morgan fingerprint density at radius 2 is 1.52 bits per heavy atom. The molecule has 1 aliphatic heterocycles. The topological polar surface area (TPSA) is 183 Å². The number of fused-ring (bicyclic) bond motifs is 6. The molecule has 0 saturated heterocycles. The molecule has 0 aliphatic carbocycles. The minimum atomic E-state index is -0.218. The van der Waals surface area contributed by atoms with E-state index in [2.05, 4.69) is 194 Å². The Morgan fingerprint density at radius 3 is 2.01 bits per heavy atom. The number of unbranched alkanes of at least 4 members (excludes halogenated alkanes) is 1. The molecule has 0 unspecified atom stereocenters. The number of hydrogen-bond donors (Lipinski definition) is 6. The first-order chi connectivity index (χ1) is 33.2. The van der Waals surface area contributed by atoms with Gasteiger partial charge in [0.15, 0.2) is 0 Å². The molecule has 13 nitrogen and oxygen atoms in total. The number of ether oxygens (including phenoxy) is 1. The Morgan fingerprint density at radius 1 is 0.899 bits per heavy atom. The van der Waals surface area contributed by atoms with Crippen LogP contribution in [0.25, 0.3) is 44.2 Å². The van der Waals surface area contributed by atoms with Gasteiger partial charge in [0.1, 0.15) is 24.0 Å². The molecule has 0 radical (unpaired) electrons. The van der Waals surface area contributed by atoms with Crippen LogP contribution in [0, 0.1) is 51.4 Å². The molecule has 374 valence electrons. The fraction of sp³-hybridized carbons (Fsp3) is 0.393. The Balaban J connectivity index is -0.00000129. The summed E-state index contributed by atoms with van der Waals surface area (Å²) >= 11 is 0. The third kappa shape index (κ3) is 23.3. The molecule has 1 aliphatic rings. The molecule has 2 amide bonds. The monoisotopic (exact) mass is 943 g/mol. The summed E-state index contributed by atoms with van der Waals surface area (Å²) in [4.78, 5) is 40.0. The number of nitrogens with two attached hydrogens (primary N) is 2. The summed E-state index contributed by atoms with van der Waals surface area (Å²) in [5, 5.41) is 6.54. The highest BCUT2D eigenvalue weighted by Crippen LogP contribution is 2.42. The number of carbonyl (C=O) groups is 2. The van der Waals surface area contributed by atoms with Crippen molar-refractivity contribution in [2.45, 2.75) is 132 Å². The second kappa shape index (κ2) is 39.9. The number of H-pyrrole nitrogens is 2. The van der Waals surface area contributed by atoms with E-state index in [4.69, 9.17) is 15.6 Å². The standard InChI is InChI=1S/C32H37N7O2.C6H13N.C5H10.C3H8.C2H6N2O.4C2H2/c1-5-19(3)38(4)17-30-35-26-10-8-20-14-25-23-9-7-21(13-22(23)18-41-28(25)15-24(20)32(26)37-30)27-16-34-29(36-27)11-12-39(33)31(40)6-2;1-4-6(3)7-5-2;1-3-5-4-2;1-3-2;1-2(5)4-3;4*1-2/h7-10,13-16,19H,5-6,11-12,17-18,33H2,1-4H3,(H,34,36)(H,35,37);5-7H,2,4H2,1,3H3;3H,1,4-5H2,2H3;3H2,1-2H3;3H2,1H3,(H,4,5);4*1-2H/t19-;6-;;;;;;;/m00......./s1. The fourth-order valence-electron chi connectivity index (χ4n) is 6.00. The van der Waals surface area contributed by atoms with E-state index >= 15 is 0 Å². The molecular formula is C56H82N10O3. The van der Waals surface area contributed by atoms with Crippen molar-refractivity contribution in [2.75, 3.05) is 13.6 Å². The first-order valence-electron chi connectivity index (χ1n) is 23.0. The van der Waals surface area contributed by atoms with E-state index in [-0.39, 0.29) is 11.8 Å². The summed E-state index contributed by atoms with van der Waals surface area (Å²) < 4.78 is 6.29. The number of amides is 2. The molecular weight excluding hydrogens is 861 g/mol. The van der Waals surface area contributed by atoms with Gasteiger partial charge in [0.05, 0.1) is 29.5 Å². The second-order valence-corrected chi connectivity index (χ2v) is 15.1. The minimum Gasteiger partial charge on any atom is -0.488 e. The van der Waals surface area contributed by atoms with Crippen molar-refractivity contribution in [3.05, 3.63) is 91.3 Å². The molecule has 2 atom stereocenters. The van der Waals surface area contributed by atoms with Crippen LogP contribution in [0.1, 0.15) is 118 Å². The molecule has 3 heterocycles. The molecule has 0 saturated carbocycles.